The summed E-state index contributed by atoms with van der Waals surface area (Å²) < 4.78 is 11.7. The molecule has 0 saturated carbocycles. The Hall–Kier alpha value is -2.00. The zero-order valence-electron chi connectivity index (χ0n) is 13.6. The molecule has 0 unspecified atom stereocenters. The Labute approximate surface area is 157 Å². The molecule has 1 saturated heterocycles. The van der Waals surface area contributed by atoms with Gasteiger partial charge in [-0.05, 0) is 49.4 Å². The number of imide groups is 1. The third kappa shape index (κ3) is 4.55. The minimum atomic E-state index is -1.25. The van der Waals surface area contributed by atoms with Crippen molar-refractivity contribution in [1.29, 1.82) is 0 Å². The Bertz CT molecular complexity index is 748. The largest absolute Gasteiger partial charge is 0.490 e. The van der Waals surface area contributed by atoms with Crippen LogP contribution in [0.25, 0.3) is 6.08 Å². The molecule has 2 rings (SSSR count). The smallest absolute Gasteiger partial charge is 0.323 e. The van der Waals surface area contributed by atoms with Gasteiger partial charge in [0.15, 0.2) is 11.5 Å². The van der Waals surface area contributed by atoms with E-state index in [9.17, 15) is 14.4 Å². The van der Waals surface area contributed by atoms with Gasteiger partial charge in [-0.25, -0.2) is 0 Å². The van der Waals surface area contributed by atoms with Crippen molar-refractivity contribution in [1.82, 2.24) is 4.90 Å². The van der Waals surface area contributed by atoms with Crippen LogP contribution in [0.4, 0.5) is 4.79 Å². The Balaban J connectivity index is 2.37. The summed E-state index contributed by atoms with van der Waals surface area (Å²) in [5.41, 5.74) is 0.618. The lowest BCUT2D eigenvalue weighted by Gasteiger charge is -2.13. The predicted molar refractivity (Wildman–Crippen MR) is 96.8 cm³/mol. The van der Waals surface area contributed by atoms with Gasteiger partial charge in [0.05, 0.1) is 18.1 Å². The molecule has 1 aliphatic rings. The monoisotopic (exact) mass is 429 g/mol. The van der Waals surface area contributed by atoms with Crippen molar-refractivity contribution < 1.29 is 29.0 Å². The maximum Gasteiger partial charge on any atom is 0.323 e. The topological polar surface area (TPSA) is 93.1 Å². The van der Waals surface area contributed by atoms with E-state index in [-0.39, 0.29) is 4.91 Å². The molecule has 1 aromatic rings. The van der Waals surface area contributed by atoms with E-state index < -0.39 is 23.7 Å². The van der Waals surface area contributed by atoms with Crippen LogP contribution in [-0.2, 0) is 9.59 Å². The number of carbonyl (C=O) groups is 3. The molecule has 1 heterocycles. The molecule has 0 aliphatic carbocycles. The number of ether oxygens (including phenoxy) is 2. The van der Waals surface area contributed by atoms with Crippen molar-refractivity contribution in [3.8, 4) is 11.5 Å². The van der Waals surface area contributed by atoms with Crippen molar-refractivity contribution in [2.75, 3.05) is 19.8 Å². The third-order valence-electron chi connectivity index (χ3n) is 3.12. The maximum atomic E-state index is 12.2. The van der Waals surface area contributed by atoms with Gasteiger partial charge in [-0.1, -0.05) is 15.9 Å². The summed E-state index contributed by atoms with van der Waals surface area (Å²) in [7, 11) is 0. The number of hydrogen-bond acceptors (Lipinski definition) is 6. The van der Waals surface area contributed by atoms with Crippen LogP contribution in [0.3, 0.4) is 0 Å². The van der Waals surface area contributed by atoms with Crippen molar-refractivity contribution >= 4 is 50.9 Å². The van der Waals surface area contributed by atoms with Crippen molar-refractivity contribution in [3.63, 3.8) is 0 Å². The first-order valence-electron chi connectivity index (χ1n) is 7.43. The quantitative estimate of drug-likeness (QED) is 0.663. The number of nitrogens with zero attached hydrogens (tertiary/aromatic N) is 1. The fraction of sp³-hybridized carbons (Fsp3) is 0.312. The zero-order chi connectivity index (χ0) is 18.6. The summed E-state index contributed by atoms with van der Waals surface area (Å²) in [6.07, 6.45) is 1.52. The van der Waals surface area contributed by atoms with Gasteiger partial charge in [0.2, 0.25) is 0 Å². The van der Waals surface area contributed by atoms with Gasteiger partial charge in [-0.15, -0.1) is 0 Å². The first kappa shape index (κ1) is 19.3. The van der Waals surface area contributed by atoms with Gasteiger partial charge in [-0.3, -0.25) is 19.3 Å². The van der Waals surface area contributed by atoms with Crippen LogP contribution in [0, 0.1) is 0 Å². The van der Waals surface area contributed by atoms with E-state index in [1.54, 1.807) is 12.1 Å². The molecule has 0 atom stereocenters. The normalized spacial score (nSPS) is 15.8. The molecular weight excluding hydrogens is 414 g/mol. The van der Waals surface area contributed by atoms with Gasteiger partial charge >= 0.3 is 5.97 Å². The SMILES string of the molecule is CCOc1cc(Br)c(/C=C2/SC(=O)N(CC(=O)O)C2=O)cc1OCC. The number of benzene rings is 1. The van der Waals surface area contributed by atoms with Gasteiger partial charge < -0.3 is 14.6 Å². The number of carboxylic acid groups (broad SMARTS) is 1. The van der Waals surface area contributed by atoms with E-state index >= 15 is 0 Å². The highest BCUT2D eigenvalue weighted by Crippen LogP contribution is 2.38. The average Bonchev–Trinajstić information content (AvgIpc) is 2.79. The fourth-order valence-electron chi connectivity index (χ4n) is 2.11. The lowest BCUT2D eigenvalue weighted by molar-refractivity contribution is -0.140. The second-order valence-electron chi connectivity index (χ2n) is 4.85. The Morgan fingerprint density at radius 1 is 1.24 bits per heavy atom. The molecule has 7 nitrogen and oxygen atoms in total. The fourth-order valence-corrected chi connectivity index (χ4v) is 3.38. The standard InChI is InChI=1S/C16H16BrNO6S/c1-3-23-11-5-9(10(17)7-12(11)24-4-2)6-13-15(21)18(8-14(19)20)16(22)25-13/h5-7H,3-4,8H2,1-2H3,(H,19,20)/b13-6+. The summed E-state index contributed by atoms with van der Waals surface area (Å²) in [5.74, 6) is -0.795. The highest BCUT2D eigenvalue weighted by molar-refractivity contribution is 9.10. The van der Waals surface area contributed by atoms with Crippen LogP contribution < -0.4 is 9.47 Å². The predicted octanol–water partition coefficient (Wildman–Crippen LogP) is 3.37. The van der Waals surface area contributed by atoms with Gasteiger partial charge in [-0.2, -0.15) is 0 Å². The Morgan fingerprint density at radius 3 is 2.40 bits per heavy atom. The first-order valence-corrected chi connectivity index (χ1v) is 9.04. The number of hydrogen-bond donors (Lipinski definition) is 1. The second kappa shape index (κ2) is 8.39. The Kier molecular flexibility index (Phi) is 6.49. The van der Waals surface area contributed by atoms with Crippen LogP contribution in [0.2, 0.25) is 0 Å². The second-order valence-corrected chi connectivity index (χ2v) is 6.70. The molecule has 134 valence electrons. The molecule has 0 radical (unpaired) electrons. The molecule has 25 heavy (non-hydrogen) atoms. The molecule has 0 aromatic heterocycles. The number of carbonyl (C=O) groups excluding carboxylic acids is 2. The lowest BCUT2D eigenvalue weighted by Crippen LogP contribution is -2.33. The van der Waals surface area contributed by atoms with Crippen LogP contribution in [0.5, 0.6) is 11.5 Å². The molecule has 1 N–H and O–H groups in total. The highest BCUT2D eigenvalue weighted by Gasteiger charge is 2.36. The first-order chi connectivity index (χ1) is 11.9. The van der Waals surface area contributed by atoms with Crippen LogP contribution in [0.15, 0.2) is 21.5 Å². The van der Waals surface area contributed by atoms with Crippen molar-refractivity contribution in [3.05, 3.63) is 27.1 Å². The molecular formula is C16H16BrNO6S. The van der Waals surface area contributed by atoms with Crippen LogP contribution in [0.1, 0.15) is 19.4 Å². The van der Waals surface area contributed by atoms with Crippen LogP contribution in [-0.4, -0.2) is 46.9 Å². The molecule has 0 bridgehead atoms. The number of carboxylic acids is 1. The Morgan fingerprint density at radius 2 is 1.84 bits per heavy atom. The van der Waals surface area contributed by atoms with E-state index in [1.807, 2.05) is 13.8 Å². The average molecular weight is 430 g/mol. The number of thioether (sulfide) groups is 1. The van der Waals surface area contributed by atoms with E-state index in [2.05, 4.69) is 15.9 Å². The molecule has 9 heteroatoms. The number of amides is 2. The number of rotatable bonds is 7. The maximum absolute atomic E-state index is 12.2. The highest BCUT2D eigenvalue weighted by atomic mass is 79.9. The summed E-state index contributed by atoms with van der Waals surface area (Å²) in [6, 6.07) is 3.42. The summed E-state index contributed by atoms with van der Waals surface area (Å²) >= 11 is 4.11. The zero-order valence-corrected chi connectivity index (χ0v) is 16.0. The van der Waals surface area contributed by atoms with E-state index in [0.717, 1.165) is 0 Å². The van der Waals surface area contributed by atoms with Crippen molar-refractivity contribution in [2.45, 2.75) is 13.8 Å². The third-order valence-corrected chi connectivity index (χ3v) is 4.71. The number of halogens is 1. The molecule has 1 aromatic carbocycles. The van der Waals surface area contributed by atoms with Gasteiger partial charge in [0.25, 0.3) is 11.1 Å². The van der Waals surface area contributed by atoms with E-state index in [0.29, 0.717) is 51.4 Å². The number of aliphatic carboxylic acids is 1. The summed E-state index contributed by atoms with van der Waals surface area (Å²) in [6.45, 7) is 3.96. The minimum absolute atomic E-state index is 0.151. The molecule has 1 fully saturated rings. The lowest BCUT2D eigenvalue weighted by atomic mass is 10.2. The van der Waals surface area contributed by atoms with Crippen molar-refractivity contribution in [2.24, 2.45) is 0 Å². The molecule has 2 amide bonds. The van der Waals surface area contributed by atoms with Gasteiger partial charge in [0.1, 0.15) is 6.54 Å². The molecule has 0 spiro atoms. The van der Waals surface area contributed by atoms with Gasteiger partial charge in [0, 0.05) is 4.47 Å². The van der Waals surface area contributed by atoms with E-state index in [4.69, 9.17) is 14.6 Å². The summed E-state index contributed by atoms with van der Waals surface area (Å²) in [5, 5.41) is 8.19. The minimum Gasteiger partial charge on any atom is -0.490 e. The van der Waals surface area contributed by atoms with Crippen LogP contribution >= 0.6 is 27.7 Å². The van der Waals surface area contributed by atoms with E-state index in [1.165, 1.54) is 6.08 Å². The molecule has 1 aliphatic heterocycles. The summed E-state index contributed by atoms with van der Waals surface area (Å²) in [4.78, 5) is 35.7.